The molecule has 0 amide bonds. The number of pyridine rings is 1. The number of aromatic nitrogens is 3. The van der Waals surface area contributed by atoms with E-state index in [4.69, 9.17) is 5.73 Å². The summed E-state index contributed by atoms with van der Waals surface area (Å²) >= 11 is 0. The molecule has 2 N–H and O–H groups in total. The topological polar surface area (TPSA) is 59.5 Å². The molecule has 1 aliphatic rings. The number of hydrogen-bond donors (Lipinski definition) is 1. The molecule has 0 aliphatic carbocycles. The molecule has 3 heterocycles. The number of hydrogen-bond acceptors (Lipinski definition) is 4. The normalized spacial score (nSPS) is 20.9. The lowest BCUT2D eigenvalue weighted by Crippen LogP contribution is -2.15. The maximum Gasteiger partial charge on any atom is 0.155 e. The first-order valence-electron chi connectivity index (χ1n) is 6.47. The Hall–Kier alpha value is -1.46. The van der Waals surface area contributed by atoms with Crippen molar-refractivity contribution in [3.05, 3.63) is 29.7 Å². The lowest BCUT2D eigenvalue weighted by atomic mass is 10.1. The van der Waals surface area contributed by atoms with Crippen molar-refractivity contribution >= 4 is 5.65 Å². The van der Waals surface area contributed by atoms with Crippen molar-refractivity contribution in [1.29, 1.82) is 0 Å². The molecule has 1 atom stereocenters. The zero-order valence-corrected chi connectivity index (χ0v) is 10.7. The molecule has 1 saturated heterocycles. The van der Waals surface area contributed by atoms with Gasteiger partial charge in [-0.25, -0.2) is 9.50 Å². The second-order valence-corrected chi connectivity index (χ2v) is 5.19. The van der Waals surface area contributed by atoms with Gasteiger partial charge in [0.1, 0.15) is 0 Å². The third kappa shape index (κ3) is 2.23. The number of rotatable bonds is 3. The van der Waals surface area contributed by atoms with Crippen molar-refractivity contribution in [3.63, 3.8) is 0 Å². The number of nitrogens with two attached hydrogens (primary N) is 1. The van der Waals surface area contributed by atoms with Crippen LogP contribution in [-0.4, -0.2) is 39.6 Å². The maximum atomic E-state index is 5.63. The molecule has 5 heteroatoms. The third-order valence-electron chi connectivity index (χ3n) is 3.64. The van der Waals surface area contributed by atoms with Crippen LogP contribution < -0.4 is 5.73 Å². The summed E-state index contributed by atoms with van der Waals surface area (Å²) in [5, 5.41) is 4.52. The first-order chi connectivity index (χ1) is 8.74. The fourth-order valence-corrected chi connectivity index (χ4v) is 2.63. The average Bonchev–Trinajstić information content (AvgIpc) is 2.94. The Morgan fingerprint density at radius 1 is 1.50 bits per heavy atom. The van der Waals surface area contributed by atoms with Gasteiger partial charge < -0.3 is 10.6 Å². The number of nitrogens with zero attached hydrogens (tertiary/aromatic N) is 4. The zero-order chi connectivity index (χ0) is 12.5. The highest BCUT2D eigenvalue weighted by Gasteiger charge is 2.21. The molecule has 0 saturated carbocycles. The molecule has 1 fully saturated rings. The van der Waals surface area contributed by atoms with E-state index in [9.17, 15) is 0 Å². The van der Waals surface area contributed by atoms with Crippen molar-refractivity contribution in [3.8, 4) is 0 Å². The van der Waals surface area contributed by atoms with Crippen LogP contribution in [0.15, 0.2) is 18.3 Å². The number of fused-ring (bicyclic) bond motifs is 1. The summed E-state index contributed by atoms with van der Waals surface area (Å²) in [7, 11) is 2.17. The minimum atomic E-state index is 0.548. The van der Waals surface area contributed by atoms with E-state index < -0.39 is 0 Å². The second-order valence-electron chi connectivity index (χ2n) is 5.19. The highest BCUT2D eigenvalue weighted by Crippen LogP contribution is 2.18. The van der Waals surface area contributed by atoms with Crippen LogP contribution in [0.1, 0.15) is 17.8 Å². The Balaban J connectivity index is 1.80. The van der Waals surface area contributed by atoms with Gasteiger partial charge in [0.25, 0.3) is 0 Å². The van der Waals surface area contributed by atoms with Crippen molar-refractivity contribution in [1.82, 2.24) is 19.5 Å². The summed E-state index contributed by atoms with van der Waals surface area (Å²) in [6.45, 7) is 2.89. The van der Waals surface area contributed by atoms with Gasteiger partial charge in [0.05, 0.1) is 0 Å². The molecular formula is C13H19N5. The number of likely N-dealkylation sites (tertiary alicyclic amines) is 1. The fourth-order valence-electron chi connectivity index (χ4n) is 2.63. The fraction of sp³-hybridized carbons (Fsp3) is 0.538. The summed E-state index contributed by atoms with van der Waals surface area (Å²) in [6, 6.07) is 4.01. The van der Waals surface area contributed by atoms with Crippen molar-refractivity contribution in [2.45, 2.75) is 19.4 Å². The van der Waals surface area contributed by atoms with Crippen molar-refractivity contribution in [2.75, 3.05) is 20.1 Å². The Labute approximate surface area is 107 Å². The van der Waals surface area contributed by atoms with Gasteiger partial charge in [-0.3, -0.25) is 0 Å². The van der Waals surface area contributed by atoms with Gasteiger partial charge in [-0.2, -0.15) is 5.10 Å². The van der Waals surface area contributed by atoms with Crippen LogP contribution in [-0.2, 0) is 13.0 Å². The van der Waals surface area contributed by atoms with E-state index in [1.54, 1.807) is 0 Å². The van der Waals surface area contributed by atoms with Crippen LogP contribution in [0.4, 0.5) is 0 Å². The van der Waals surface area contributed by atoms with E-state index in [0.29, 0.717) is 12.5 Å². The van der Waals surface area contributed by atoms with Crippen molar-refractivity contribution < 1.29 is 0 Å². The van der Waals surface area contributed by atoms with Gasteiger partial charge in [-0.05, 0) is 43.6 Å². The lowest BCUT2D eigenvalue weighted by Gasteiger charge is -2.07. The standard InChI is InChI=1S/C13H19N5/c1-17-4-2-11(9-17)6-12-15-13-7-10(8-14)3-5-18(13)16-12/h3,5,7,11H,2,4,6,8-9,14H2,1H3. The SMILES string of the molecule is CN1CCC(Cc2nc3cc(CN)ccn3n2)C1. The Kier molecular flexibility index (Phi) is 3.01. The summed E-state index contributed by atoms with van der Waals surface area (Å²) < 4.78 is 1.84. The van der Waals surface area contributed by atoms with Crippen LogP contribution in [0, 0.1) is 5.92 Å². The smallest absolute Gasteiger partial charge is 0.155 e. The molecule has 0 aromatic carbocycles. The molecule has 1 aliphatic heterocycles. The van der Waals surface area contributed by atoms with Gasteiger partial charge >= 0.3 is 0 Å². The lowest BCUT2D eigenvalue weighted by molar-refractivity contribution is 0.392. The van der Waals surface area contributed by atoms with Gasteiger partial charge in [0.2, 0.25) is 0 Å². The minimum Gasteiger partial charge on any atom is -0.326 e. The summed E-state index contributed by atoms with van der Waals surface area (Å²) in [5.74, 6) is 1.64. The zero-order valence-electron chi connectivity index (χ0n) is 10.7. The molecule has 18 heavy (non-hydrogen) atoms. The molecular weight excluding hydrogens is 226 g/mol. The Morgan fingerprint density at radius 2 is 2.39 bits per heavy atom. The van der Waals surface area contributed by atoms with E-state index >= 15 is 0 Å². The predicted molar refractivity (Wildman–Crippen MR) is 70.2 cm³/mol. The molecule has 96 valence electrons. The quantitative estimate of drug-likeness (QED) is 0.864. The first kappa shape index (κ1) is 11.6. The summed E-state index contributed by atoms with van der Waals surface area (Å²) in [4.78, 5) is 6.96. The van der Waals surface area contributed by atoms with Crippen LogP contribution in [0.3, 0.4) is 0 Å². The molecule has 2 aromatic rings. The highest BCUT2D eigenvalue weighted by atomic mass is 15.3. The van der Waals surface area contributed by atoms with E-state index in [2.05, 4.69) is 22.0 Å². The Bertz CT molecular complexity index is 547. The van der Waals surface area contributed by atoms with E-state index in [1.165, 1.54) is 13.0 Å². The summed E-state index contributed by atoms with van der Waals surface area (Å²) in [5.41, 5.74) is 7.63. The molecule has 5 nitrogen and oxygen atoms in total. The molecule has 0 spiro atoms. The Morgan fingerprint density at radius 3 is 3.11 bits per heavy atom. The van der Waals surface area contributed by atoms with Crippen LogP contribution in [0.5, 0.6) is 0 Å². The van der Waals surface area contributed by atoms with Gasteiger partial charge in [-0.1, -0.05) is 0 Å². The highest BCUT2D eigenvalue weighted by molar-refractivity contribution is 5.40. The molecule has 2 aromatic heterocycles. The van der Waals surface area contributed by atoms with E-state index in [0.717, 1.165) is 30.0 Å². The van der Waals surface area contributed by atoms with Crippen LogP contribution in [0.25, 0.3) is 5.65 Å². The average molecular weight is 245 g/mol. The second kappa shape index (κ2) is 4.66. The third-order valence-corrected chi connectivity index (χ3v) is 3.64. The molecule has 3 rings (SSSR count). The van der Waals surface area contributed by atoms with Crippen LogP contribution in [0.2, 0.25) is 0 Å². The van der Waals surface area contributed by atoms with Crippen molar-refractivity contribution in [2.24, 2.45) is 11.7 Å². The van der Waals surface area contributed by atoms with E-state index in [-0.39, 0.29) is 0 Å². The van der Waals surface area contributed by atoms with Gasteiger partial charge in [0.15, 0.2) is 11.5 Å². The predicted octanol–water partition coefficient (Wildman–Crippen LogP) is 0.682. The first-order valence-corrected chi connectivity index (χ1v) is 6.47. The van der Waals surface area contributed by atoms with E-state index in [1.807, 2.05) is 22.8 Å². The van der Waals surface area contributed by atoms with Crippen LogP contribution >= 0.6 is 0 Å². The largest absolute Gasteiger partial charge is 0.326 e. The summed E-state index contributed by atoms with van der Waals surface area (Å²) in [6.07, 6.45) is 4.17. The molecule has 0 radical (unpaired) electrons. The maximum absolute atomic E-state index is 5.63. The minimum absolute atomic E-state index is 0.548. The monoisotopic (exact) mass is 245 g/mol. The molecule has 0 bridgehead atoms. The van der Waals surface area contributed by atoms with Gasteiger partial charge in [0, 0.05) is 25.7 Å². The van der Waals surface area contributed by atoms with Gasteiger partial charge in [-0.15, -0.1) is 0 Å². The molecule has 1 unspecified atom stereocenters.